The lowest BCUT2D eigenvalue weighted by Crippen LogP contribution is -2.27. The predicted octanol–water partition coefficient (Wildman–Crippen LogP) is 3.01. The van der Waals surface area contributed by atoms with Crippen molar-refractivity contribution in [1.82, 2.24) is 14.9 Å². The highest BCUT2D eigenvalue weighted by Gasteiger charge is 2.28. The van der Waals surface area contributed by atoms with Gasteiger partial charge in [0.05, 0.1) is 0 Å². The highest BCUT2D eigenvalue weighted by atomic mass is 32.2. The number of nitrogens with zero attached hydrogens (tertiary/aromatic N) is 4. The minimum absolute atomic E-state index is 0.135. The topological polar surface area (TPSA) is 52.3 Å². The van der Waals surface area contributed by atoms with Crippen molar-refractivity contribution in [3.05, 3.63) is 41.2 Å². The lowest BCUT2D eigenvalue weighted by atomic mass is 10.1. The molecule has 0 amide bonds. The molecule has 1 aliphatic rings. The van der Waals surface area contributed by atoms with E-state index in [1.54, 1.807) is 16.4 Å². The van der Waals surface area contributed by atoms with Crippen LogP contribution in [0.25, 0.3) is 0 Å². The number of thioether (sulfide) groups is 1. The fourth-order valence-electron chi connectivity index (χ4n) is 2.09. The number of aromatic nitrogens is 3. The van der Waals surface area contributed by atoms with Gasteiger partial charge in [-0.3, -0.25) is 0 Å². The maximum absolute atomic E-state index is 5.95. The summed E-state index contributed by atoms with van der Waals surface area (Å²) in [7, 11) is 0. The first-order valence-corrected chi connectivity index (χ1v) is 7.93. The third-order valence-corrected chi connectivity index (χ3v) is 4.27. The van der Waals surface area contributed by atoms with Crippen molar-refractivity contribution in [2.75, 3.05) is 6.61 Å². The number of fused-ring (bicyclic) bond motifs is 1. The van der Waals surface area contributed by atoms with Gasteiger partial charge in [-0.05, 0) is 32.0 Å². The molecule has 5 nitrogen and oxygen atoms in total. The highest BCUT2D eigenvalue weighted by Crippen LogP contribution is 2.31. The molecule has 3 rings (SSSR count). The Balaban J connectivity index is 2.00. The quantitative estimate of drug-likeness (QED) is 0.871. The normalized spacial score (nSPS) is 17.5. The fourth-order valence-corrected chi connectivity index (χ4v) is 3.10. The number of benzene rings is 1. The first-order valence-electron chi connectivity index (χ1n) is 7.05. The van der Waals surface area contributed by atoms with Crippen LogP contribution in [-0.2, 0) is 4.74 Å². The Morgan fingerprint density at radius 2 is 1.95 bits per heavy atom. The number of rotatable bonds is 4. The molecule has 0 radical (unpaired) electrons. The summed E-state index contributed by atoms with van der Waals surface area (Å²) in [6.45, 7) is 6.79. The first kappa shape index (κ1) is 14.3. The van der Waals surface area contributed by atoms with Gasteiger partial charge in [0.15, 0.2) is 11.3 Å². The Bertz CT molecular complexity index is 663. The summed E-state index contributed by atoms with van der Waals surface area (Å²) in [5, 5.41) is 13.7. The third-order valence-electron chi connectivity index (χ3n) is 3.23. The lowest BCUT2D eigenvalue weighted by molar-refractivity contribution is 0.150. The van der Waals surface area contributed by atoms with E-state index in [9.17, 15) is 0 Å². The molecule has 0 N–H and O–H groups in total. The summed E-state index contributed by atoms with van der Waals surface area (Å²) in [5.74, 6) is 0.788. The van der Waals surface area contributed by atoms with Gasteiger partial charge >= 0.3 is 0 Å². The van der Waals surface area contributed by atoms with Crippen LogP contribution in [0.3, 0.4) is 0 Å². The van der Waals surface area contributed by atoms with Crippen LogP contribution >= 0.6 is 11.8 Å². The second kappa shape index (κ2) is 5.99. The maximum Gasteiger partial charge on any atom is 0.214 e. The SMILES string of the molecule is CCCO[C@H]1Sc2nnc(C)n2N=C1c1ccc(C)cc1. The first-order chi connectivity index (χ1) is 10.2. The molecule has 1 aliphatic heterocycles. The molecule has 6 heteroatoms. The van der Waals surface area contributed by atoms with Crippen LogP contribution in [0.5, 0.6) is 0 Å². The third kappa shape index (κ3) is 2.87. The molecule has 1 atom stereocenters. The van der Waals surface area contributed by atoms with Gasteiger partial charge < -0.3 is 4.74 Å². The molecule has 1 aromatic carbocycles. The molecule has 0 aliphatic carbocycles. The molecule has 0 unspecified atom stereocenters. The average Bonchev–Trinajstić information content (AvgIpc) is 2.86. The number of hydrogen-bond acceptors (Lipinski definition) is 5. The molecule has 2 heterocycles. The Labute approximate surface area is 128 Å². The molecule has 1 aromatic heterocycles. The predicted molar refractivity (Wildman–Crippen MR) is 83.8 cm³/mol. The van der Waals surface area contributed by atoms with Crippen LogP contribution in [0, 0.1) is 13.8 Å². The van der Waals surface area contributed by atoms with Gasteiger partial charge in [-0.25, -0.2) is 0 Å². The summed E-state index contributed by atoms with van der Waals surface area (Å²) in [5.41, 5.74) is 3.09. The van der Waals surface area contributed by atoms with E-state index in [2.05, 4.69) is 48.3 Å². The van der Waals surface area contributed by atoms with Crippen molar-refractivity contribution in [2.24, 2.45) is 5.10 Å². The summed E-state index contributed by atoms with van der Waals surface area (Å²) in [6.07, 6.45) is 0.976. The number of hydrogen-bond donors (Lipinski definition) is 0. The largest absolute Gasteiger partial charge is 0.361 e. The second-order valence-electron chi connectivity index (χ2n) is 5.01. The van der Waals surface area contributed by atoms with Gasteiger partial charge in [0.1, 0.15) is 5.71 Å². The molecular weight excluding hydrogens is 284 g/mol. The molecule has 110 valence electrons. The summed E-state index contributed by atoms with van der Waals surface area (Å²) < 4.78 is 7.73. The van der Waals surface area contributed by atoms with Gasteiger partial charge in [-0.15, -0.1) is 10.2 Å². The van der Waals surface area contributed by atoms with Crippen molar-refractivity contribution >= 4 is 17.5 Å². The van der Waals surface area contributed by atoms with Crippen LogP contribution in [0.2, 0.25) is 0 Å². The van der Waals surface area contributed by atoms with Gasteiger partial charge in [0.25, 0.3) is 0 Å². The zero-order valence-corrected chi connectivity index (χ0v) is 13.2. The van der Waals surface area contributed by atoms with E-state index in [1.165, 1.54) is 5.56 Å². The van der Waals surface area contributed by atoms with Crippen LogP contribution in [-0.4, -0.2) is 32.6 Å². The van der Waals surface area contributed by atoms with Crippen molar-refractivity contribution in [2.45, 2.75) is 37.8 Å². The van der Waals surface area contributed by atoms with Gasteiger partial charge in [0, 0.05) is 12.2 Å². The second-order valence-corrected chi connectivity index (χ2v) is 6.04. The highest BCUT2D eigenvalue weighted by molar-refractivity contribution is 8.00. The van der Waals surface area contributed by atoms with E-state index in [1.807, 2.05) is 6.92 Å². The van der Waals surface area contributed by atoms with Gasteiger partial charge in [0.2, 0.25) is 5.16 Å². The monoisotopic (exact) mass is 302 g/mol. The van der Waals surface area contributed by atoms with E-state index in [-0.39, 0.29) is 5.44 Å². The minimum atomic E-state index is -0.135. The Morgan fingerprint density at radius 3 is 2.67 bits per heavy atom. The molecule has 2 aromatic rings. The Kier molecular flexibility index (Phi) is 4.07. The van der Waals surface area contributed by atoms with Crippen molar-refractivity contribution in [3.63, 3.8) is 0 Å². The Morgan fingerprint density at radius 1 is 1.19 bits per heavy atom. The van der Waals surface area contributed by atoms with E-state index < -0.39 is 0 Å². The molecule has 0 fully saturated rings. The van der Waals surface area contributed by atoms with Gasteiger partial charge in [-0.2, -0.15) is 9.78 Å². The zero-order valence-electron chi connectivity index (χ0n) is 12.4. The average molecular weight is 302 g/mol. The summed E-state index contributed by atoms with van der Waals surface area (Å²) >= 11 is 1.56. The number of aryl methyl sites for hydroxylation is 2. The molecule has 21 heavy (non-hydrogen) atoms. The number of ether oxygens (including phenoxy) is 1. The van der Waals surface area contributed by atoms with Gasteiger partial charge in [-0.1, -0.05) is 36.8 Å². The van der Waals surface area contributed by atoms with Crippen LogP contribution < -0.4 is 0 Å². The van der Waals surface area contributed by atoms with Crippen molar-refractivity contribution < 1.29 is 4.74 Å². The van der Waals surface area contributed by atoms with E-state index >= 15 is 0 Å². The molecule has 0 saturated heterocycles. The maximum atomic E-state index is 5.95. The minimum Gasteiger partial charge on any atom is -0.361 e. The van der Waals surface area contributed by atoms with Crippen molar-refractivity contribution in [1.29, 1.82) is 0 Å². The van der Waals surface area contributed by atoms with E-state index in [0.29, 0.717) is 6.61 Å². The Hall–Kier alpha value is -1.66. The van der Waals surface area contributed by atoms with E-state index in [0.717, 1.165) is 28.7 Å². The summed E-state index contributed by atoms with van der Waals surface area (Å²) in [6, 6.07) is 8.35. The zero-order chi connectivity index (χ0) is 14.8. The fraction of sp³-hybridized carbons (Fsp3) is 0.400. The molecule has 0 spiro atoms. The molecule has 0 saturated carbocycles. The van der Waals surface area contributed by atoms with Crippen LogP contribution in [0.15, 0.2) is 34.5 Å². The summed E-state index contributed by atoms with van der Waals surface area (Å²) in [4.78, 5) is 0. The lowest BCUT2D eigenvalue weighted by Gasteiger charge is -2.23. The van der Waals surface area contributed by atoms with Crippen LogP contribution in [0.1, 0.15) is 30.3 Å². The van der Waals surface area contributed by atoms with E-state index in [4.69, 9.17) is 9.84 Å². The van der Waals surface area contributed by atoms with Crippen molar-refractivity contribution in [3.8, 4) is 0 Å². The van der Waals surface area contributed by atoms with Crippen LogP contribution in [0.4, 0.5) is 0 Å². The smallest absolute Gasteiger partial charge is 0.214 e. The molecule has 0 bridgehead atoms. The molecular formula is C15H18N4OS. The standard InChI is InChI=1S/C15H18N4OS/c1-4-9-20-14-13(12-7-5-10(2)6-8-12)18-19-11(3)16-17-15(19)21-14/h5-8,14H,4,9H2,1-3H3/t14-/m0/s1.